The topological polar surface area (TPSA) is 70.1 Å². The highest BCUT2D eigenvalue weighted by Crippen LogP contribution is 2.34. The summed E-state index contributed by atoms with van der Waals surface area (Å²) in [5.41, 5.74) is 5.14. The summed E-state index contributed by atoms with van der Waals surface area (Å²) in [6, 6.07) is 30.1. The fourth-order valence-corrected chi connectivity index (χ4v) is 6.65. The first-order valence-electron chi connectivity index (χ1n) is 13.1. The van der Waals surface area contributed by atoms with E-state index in [1.807, 2.05) is 78.9 Å². The Morgan fingerprint density at radius 3 is 2.48 bits per heavy atom. The van der Waals surface area contributed by atoms with Crippen molar-refractivity contribution in [2.24, 2.45) is 0 Å². The number of rotatable bonds is 7. The first kappa shape index (κ1) is 25.8. The zero-order chi connectivity index (χ0) is 27.6. The molecule has 0 N–H and O–H groups in total. The number of nitrogens with zero attached hydrogens (tertiary/aromatic N) is 3. The molecule has 0 spiro atoms. The molecule has 6 aromatic rings. The van der Waals surface area contributed by atoms with Gasteiger partial charge in [-0.05, 0) is 73.5 Å². The lowest BCUT2D eigenvalue weighted by molar-refractivity contribution is 0.563. The summed E-state index contributed by atoms with van der Waals surface area (Å²) in [5.74, 6) is 0. The SMILES string of the molecule is CCN(CC)c1ccc2cc(-c3ccc(-c4ccc(/C=C(\C#N)c5nc6ccccc6s5)s4)cc3)c(=O)oc2c1. The molecule has 196 valence electrons. The van der Waals surface area contributed by atoms with Crippen LogP contribution in [-0.2, 0) is 0 Å². The maximum atomic E-state index is 12.9. The molecule has 0 saturated heterocycles. The van der Waals surface area contributed by atoms with Crippen LogP contribution in [0, 0.1) is 11.3 Å². The Morgan fingerprint density at radius 1 is 0.950 bits per heavy atom. The van der Waals surface area contributed by atoms with Crippen molar-refractivity contribution in [3.05, 3.63) is 105 Å². The van der Waals surface area contributed by atoms with Crippen molar-refractivity contribution >= 4 is 61.2 Å². The first-order chi connectivity index (χ1) is 19.6. The molecule has 0 unspecified atom stereocenters. The van der Waals surface area contributed by atoms with Gasteiger partial charge in [-0.2, -0.15) is 5.26 Å². The number of allylic oxidation sites excluding steroid dienone is 1. The molecule has 0 atom stereocenters. The fraction of sp³-hybridized carbons (Fsp3) is 0.121. The molecule has 40 heavy (non-hydrogen) atoms. The normalized spacial score (nSPS) is 11.7. The third kappa shape index (κ3) is 4.95. The van der Waals surface area contributed by atoms with E-state index in [9.17, 15) is 10.1 Å². The maximum Gasteiger partial charge on any atom is 0.344 e. The van der Waals surface area contributed by atoms with Crippen LogP contribution in [-0.4, -0.2) is 18.1 Å². The second-order valence-corrected chi connectivity index (χ2v) is 11.4. The number of thiophene rings is 1. The quantitative estimate of drug-likeness (QED) is 0.144. The van der Waals surface area contributed by atoms with Gasteiger partial charge in [-0.3, -0.25) is 0 Å². The van der Waals surface area contributed by atoms with E-state index in [0.29, 0.717) is 16.7 Å². The van der Waals surface area contributed by atoms with Crippen molar-refractivity contribution < 1.29 is 4.42 Å². The monoisotopic (exact) mass is 559 g/mol. The van der Waals surface area contributed by atoms with Crippen molar-refractivity contribution in [3.63, 3.8) is 0 Å². The van der Waals surface area contributed by atoms with E-state index >= 15 is 0 Å². The van der Waals surface area contributed by atoms with Gasteiger partial charge >= 0.3 is 5.63 Å². The van der Waals surface area contributed by atoms with Gasteiger partial charge in [-0.1, -0.05) is 36.4 Å². The highest BCUT2D eigenvalue weighted by molar-refractivity contribution is 7.19. The Morgan fingerprint density at radius 2 is 1.73 bits per heavy atom. The van der Waals surface area contributed by atoms with Crippen LogP contribution in [0.2, 0.25) is 0 Å². The second-order valence-electron chi connectivity index (χ2n) is 9.28. The number of aromatic nitrogens is 1. The summed E-state index contributed by atoms with van der Waals surface area (Å²) in [5, 5.41) is 11.4. The van der Waals surface area contributed by atoms with Crippen molar-refractivity contribution in [2.45, 2.75) is 13.8 Å². The number of thiazole rings is 1. The zero-order valence-electron chi connectivity index (χ0n) is 22.0. The van der Waals surface area contributed by atoms with Crippen LogP contribution in [0.3, 0.4) is 0 Å². The van der Waals surface area contributed by atoms with Gasteiger partial charge in [0.25, 0.3) is 0 Å². The van der Waals surface area contributed by atoms with E-state index in [1.54, 1.807) is 11.3 Å². The van der Waals surface area contributed by atoms with Gasteiger partial charge in [-0.25, -0.2) is 9.78 Å². The van der Waals surface area contributed by atoms with Crippen molar-refractivity contribution in [3.8, 4) is 27.6 Å². The molecule has 0 aliphatic carbocycles. The standard InChI is InChI=1S/C33H25N3O2S2/c1-3-36(4-2)25-14-13-23-18-27(33(37)38-29(23)19-25)21-9-11-22(12-10-21)30-16-15-26(39-30)17-24(20-34)32-35-28-7-5-6-8-31(28)40-32/h5-19H,3-4H2,1-2H3/b24-17+. The summed E-state index contributed by atoms with van der Waals surface area (Å²) in [4.78, 5) is 21.8. The Kier molecular flexibility index (Phi) is 7.04. The lowest BCUT2D eigenvalue weighted by atomic mass is 10.0. The smallest absolute Gasteiger partial charge is 0.344 e. The number of nitriles is 1. The third-order valence-electron chi connectivity index (χ3n) is 6.89. The van der Waals surface area contributed by atoms with Crippen molar-refractivity contribution in [1.82, 2.24) is 4.98 Å². The molecule has 3 aromatic carbocycles. The highest BCUT2D eigenvalue weighted by Gasteiger charge is 2.12. The number of hydrogen-bond acceptors (Lipinski definition) is 7. The molecular formula is C33H25N3O2S2. The predicted molar refractivity (Wildman–Crippen MR) is 168 cm³/mol. The van der Waals surface area contributed by atoms with Gasteiger partial charge in [0.2, 0.25) is 0 Å². The first-order valence-corrected chi connectivity index (χ1v) is 14.7. The van der Waals surface area contributed by atoms with Gasteiger partial charge in [0.05, 0.1) is 21.4 Å². The summed E-state index contributed by atoms with van der Waals surface area (Å²) in [7, 11) is 0. The minimum absolute atomic E-state index is 0.348. The molecule has 0 amide bonds. The Hall–Kier alpha value is -4.51. The lowest BCUT2D eigenvalue weighted by Gasteiger charge is -2.21. The average Bonchev–Trinajstić information content (AvgIpc) is 3.63. The van der Waals surface area contributed by atoms with Crippen LogP contribution >= 0.6 is 22.7 Å². The average molecular weight is 560 g/mol. The van der Waals surface area contributed by atoms with Gasteiger partial charge in [0.15, 0.2) is 0 Å². The van der Waals surface area contributed by atoms with Crippen LogP contribution in [0.1, 0.15) is 23.7 Å². The molecule has 3 aromatic heterocycles. The number of fused-ring (bicyclic) bond motifs is 2. The van der Waals surface area contributed by atoms with E-state index in [-0.39, 0.29) is 5.63 Å². The molecule has 0 radical (unpaired) electrons. The third-order valence-corrected chi connectivity index (χ3v) is 9.04. The van der Waals surface area contributed by atoms with Crippen LogP contribution in [0.15, 0.2) is 94.1 Å². The Labute approximate surface area is 239 Å². The van der Waals surface area contributed by atoms with Gasteiger partial charge in [0, 0.05) is 40.0 Å². The second kappa shape index (κ2) is 10.9. The molecule has 0 fully saturated rings. The molecule has 7 heteroatoms. The number of hydrogen-bond donors (Lipinski definition) is 0. The van der Waals surface area contributed by atoms with Crippen LogP contribution in [0.25, 0.3) is 54.4 Å². The molecule has 6 rings (SSSR count). The summed E-state index contributed by atoms with van der Waals surface area (Å²) < 4.78 is 6.80. The summed E-state index contributed by atoms with van der Waals surface area (Å²) in [6.07, 6.45) is 1.90. The van der Waals surface area contributed by atoms with Gasteiger partial charge in [0.1, 0.15) is 16.7 Å². The van der Waals surface area contributed by atoms with Crippen LogP contribution < -0.4 is 10.5 Å². The molecule has 0 aliphatic rings. The summed E-state index contributed by atoms with van der Waals surface area (Å²) in [6.45, 7) is 6.00. The van der Waals surface area contributed by atoms with Crippen LogP contribution in [0.5, 0.6) is 0 Å². The molecule has 0 bridgehead atoms. The largest absolute Gasteiger partial charge is 0.422 e. The van der Waals surface area contributed by atoms with Crippen molar-refractivity contribution in [2.75, 3.05) is 18.0 Å². The van der Waals surface area contributed by atoms with E-state index in [4.69, 9.17) is 4.42 Å². The fourth-order valence-electron chi connectivity index (χ4n) is 4.76. The van der Waals surface area contributed by atoms with E-state index in [1.165, 1.54) is 11.3 Å². The predicted octanol–water partition coefficient (Wildman–Crippen LogP) is 8.71. The van der Waals surface area contributed by atoms with Crippen molar-refractivity contribution in [1.29, 1.82) is 5.26 Å². The maximum absolute atomic E-state index is 12.9. The number of benzene rings is 3. The molecule has 0 aliphatic heterocycles. The Bertz CT molecular complexity index is 1940. The van der Waals surface area contributed by atoms with E-state index < -0.39 is 0 Å². The number of para-hydroxylation sites is 1. The molecule has 5 nitrogen and oxygen atoms in total. The minimum atomic E-state index is -0.348. The summed E-state index contributed by atoms with van der Waals surface area (Å²) >= 11 is 3.14. The Balaban J connectivity index is 1.26. The van der Waals surface area contributed by atoms with E-state index in [2.05, 4.69) is 41.9 Å². The molecular weight excluding hydrogens is 535 g/mol. The molecule has 0 saturated carbocycles. The van der Waals surface area contributed by atoms with Gasteiger partial charge < -0.3 is 9.32 Å². The lowest BCUT2D eigenvalue weighted by Crippen LogP contribution is -2.21. The number of anilines is 1. The minimum Gasteiger partial charge on any atom is -0.422 e. The molecule has 3 heterocycles. The van der Waals surface area contributed by atoms with E-state index in [0.717, 1.165) is 60.3 Å². The zero-order valence-corrected chi connectivity index (χ0v) is 23.7. The highest BCUT2D eigenvalue weighted by atomic mass is 32.1. The van der Waals surface area contributed by atoms with Crippen LogP contribution in [0.4, 0.5) is 5.69 Å². The van der Waals surface area contributed by atoms with Gasteiger partial charge in [-0.15, -0.1) is 22.7 Å².